The van der Waals surface area contributed by atoms with Crippen LogP contribution in [0.1, 0.15) is 30.7 Å². The van der Waals surface area contributed by atoms with Gasteiger partial charge in [0.25, 0.3) is 0 Å². The van der Waals surface area contributed by atoms with Crippen molar-refractivity contribution in [3.63, 3.8) is 0 Å². The fourth-order valence-corrected chi connectivity index (χ4v) is 3.41. The minimum Gasteiger partial charge on any atom is -0.379 e. The Morgan fingerprint density at radius 1 is 1.52 bits per heavy atom. The van der Waals surface area contributed by atoms with Crippen molar-refractivity contribution in [3.8, 4) is 0 Å². The predicted molar refractivity (Wildman–Crippen MR) is 85.3 cm³/mol. The van der Waals surface area contributed by atoms with Crippen molar-refractivity contribution in [1.29, 1.82) is 0 Å². The molecule has 2 atom stereocenters. The van der Waals surface area contributed by atoms with E-state index in [0.29, 0.717) is 6.54 Å². The second kappa shape index (κ2) is 8.48. The molecule has 0 bridgehead atoms. The number of ether oxygens (including phenoxy) is 1. The molecular weight excluding hydrogens is 286 g/mol. The van der Waals surface area contributed by atoms with E-state index < -0.39 is 6.04 Å². The number of hydrogen-bond acceptors (Lipinski definition) is 5. The Hall–Kier alpha value is -0.950. The molecule has 1 unspecified atom stereocenters. The number of hydrogen-bond donors (Lipinski definition) is 2. The molecule has 0 aromatic carbocycles. The fourth-order valence-electron chi connectivity index (χ4n) is 2.55. The normalized spacial score (nSPS) is 19.1. The molecule has 6 heteroatoms. The molecular formula is C15H25N3O2S. The monoisotopic (exact) mass is 311 g/mol. The van der Waals surface area contributed by atoms with E-state index in [1.165, 1.54) is 4.88 Å². The summed E-state index contributed by atoms with van der Waals surface area (Å²) in [5, 5.41) is 5.09. The average molecular weight is 311 g/mol. The van der Waals surface area contributed by atoms with E-state index in [1.54, 1.807) is 11.3 Å². The highest BCUT2D eigenvalue weighted by Gasteiger charge is 2.24. The maximum atomic E-state index is 12.0. The minimum absolute atomic E-state index is 0.0494. The van der Waals surface area contributed by atoms with Crippen molar-refractivity contribution >= 4 is 17.2 Å². The molecule has 3 N–H and O–H groups in total. The highest BCUT2D eigenvalue weighted by molar-refractivity contribution is 7.10. The number of carbonyl (C=O) groups is 1. The summed E-state index contributed by atoms with van der Waals surface area (Å²) in [6, 6.07) is 4.00. The molecule has 1 saturated heterocycles. The number of thiophene rings is 1. The van der Waals surface area contributed by atoms with Gasteiger partial charge in [0.2, 0.25) is 5.91 Å². The van der Waals surface area contributed by atoms with Crippen molar-refractivity contribution < 1.29 is 9.53 Å². The van der Waals surface area contributed by atoms with Gasteiger partial charge >= 0.3 is 0 Å². The van der Waals surface area contributed by atoms with Gasteiger partial charge in [0.05, 0.1) is 25.3 Å². The number of amides is 1. The Labute approximate surface area is 130 Å². The summed E-state index contributed by atoms with van der Waals surface area (Å²) in [6.45, 7) is 5.96. The van der Waals surface area contributed by atoms with E-state index in [-0.39, 0.29) is 11.9 Å². The first kappa shape index (κ1) is 16.4. The Balaban J connectivity index is 1.94. The summed E-state index contributed by atoms with van der Waals surface area (Å²) < 4.78 is 5.42. The summed E-state index contributed by atoms with van der Waals surface area (Å²) in [6.07, 6.45) is 1.65. The van der Waals surface area contributed by atoms with Gasteiger partial charge in [-0.3, -0.25) is 9.69 Å². The molecule has 5 nitrogen and oxygen atoms in total. The molecule has 0 aliphatic carbocycles. The topological polar surface area (TPSA) is 67.6 Å². The zero-order chi connectivity index (χ0) is 15.1. The van der Waals surface area contributed by atoms with E-state index in [9.17, 15) is 4.79 Å². The van der Waals surface area contributed by atoms with Crippen LogP contribution in [0.25, 0.3) is 0 Å². The van der Waals surface area contributed by atoms with Crippen LogP contribution in [0.5, 0.6) is 0 Å². The van der Waals surface area contributed by atoms with Crippen LogP contribution < -0.4 is 11.1 Å². The Morgan fingerprint density at radius 3 is 2.90 bits per heavy atom. The molecule has 21 heavy (non-hydrogen) atoms. The molecule has 0 radical (unpaired) electrons. The third-order valence-corrected chi connectivity index (χ3v) is 4.74. The van der Waals surface area contributed by atoms with Gasteiger partial charge in [0.15, 0.2) is 0 Å². The highest BCUT2D eigenvalue weighted by atomic mass is 32.1. The number of nitrogens with two attached hydrogens (primary N) is 1. The summed E-state index contributed by atoms with van der Waals surface area (Å²) in [5.41, 5.74) is 5.87. The smallest absolute Gasteiger partial charge is 0.236 e. The van der Waals surface area contributed by atoms with Crippen LogP contribution in [0.2, 0.25) is 0 Å². The molecule has 118 valence electrons. The molecule has 1 aliphatic rings. The second-order valence-corrected chi connectivity index (χ2v) is 6.30. The van der Waals surface area contributed by atoms with E-state index in [4.69, 9.17) is 10.5 Å². The molecule has 0 saturated carbocycles. The number of nitrogens with one attached hydrogen (secondary N) is 1. The quantitative estimate of drug-likeness (QED) is 0.798. The standard InChI is InChI=1S/C15H25N3O2S/c1-2-4-12(16)15(19)17-11-13(14-5-3-10-21-14)18-6-8-20-9-7-18/h3,5,10,12-13H,2,4,6-9,11,16H2,1H3,(H,17,19)/t12-,13?/m0/s1. The highest BCUT2D eigenvalue weighted by Crippen LogP contribution is 2.25. The lowest BCUT2D eigenvalue weighted by atomic mass is 10.1. The largest absolute Gasteiger partial charge is 0.379 e. The van der Waals surface area contributed by atoms with Crippen LogP contribution in [0.4, 0.5) is 0 Å². The van der Waals surface area contributed by atoms with Gasteiger partial charge in [-0.1, -0.05) is 19.4 Å². The maximum absolute atomic E-state index is 12.0. The molecule has 1 aliphatic heterocycles. The molecule has 2 rings (SSSR count). The van der Waals surface area contributed by atoms with Crippen molar-refractivity contribution in [2.45, 2.75) is 31.8 Å². The summed E-state index contributed by atoms with van der Waals surface area (Å²) in [7, 11) is 0. The zero-order valence-electron chi connectivity index (χ0n) is 12.6. The summed E-state index contributed by atoms with van der Waals surface area (Å²) >= 11 is 1.73. The van der Waals surface area contributed by atoms with Gasteiger partial charge in [-0.05, 0) is 17.9 Å². The predicted octanol–water partition coefficient (Wildman–Crippen LogP) is 1.36. The number of rotatable bonds is 7. The van der Waals surface area contributed by atoms with E-state index in [0.717, 1.165) is 39.1 Å². The minimum atomic E-state index is -0.399. The van der Waals surface area contributed by atoms with Gasteiger partial charge in [0.1, 0.15) is 0 Å². The SMILES string of the molecule is CCC[C@H](N)C(=O)NCC(c1cccs1)N1CCOCC1. The number of nitrogens with zero attached hydrogens (tertiary/aromatic N) is 1. The van der Waals surface area contributed by atoms with Crippen molar-refractivity contribution in [2.24, 2.45) is 5.73 Å². The Kier molecular flexibility index (Phi) is 6.63. The van der Waals surface area contributed by atoms with Crippen LogP contribution >= 0.6 is 11.3 Å². The Bertz CT molecular complexity index is 419. The van der Waals surface area contributed by atoms with Crippen LogP contribution in [0.3, 0.4) is 0 Å². The van der Waals surface area contributed by atoms with E-state index in [2.05, 4.69) is 27.7 Å². The first-order valence-corrected chi connectivity index (χ1v) is 8.48. The molecule has 0 spiro atoms. The van der Waals surface area contributed by atoms with E-state index >= 15 is 0 Å². The summed E-state index contributed by atoms with van der Waals surface area (Å²) in [5.74, 6) is -0.0494. The van der Waals surface area contributed by atoms with Crippen LogP contribution in [-0.2, 0) is 9.53 Å². The first-order chi connectivity index (χ1) is 10.2. The van der Waals surface area contributed by atoms with E-state index in [1.807, 2.05) is 6.92 Å². The average Bonchev–Trinajstić information content (AvgIpc) is 3.03. The molecule has 1 amide bonds. The molecule has 1 fully saturated rings. The summed E-state index contributed by atoms with van der Waals surface area (Å²) in [4.78, 5) is 15.7. The second-order valence-electron chi connectivity index (χ2n) is 5.32. The van der Waals surface area contributed by atoms with Crippen LogP contribution in [-0.4, -0.2) is 49.7 Å². The fraction of sp³-hybridized carbons (Fsp3) is 0.667. The van der Waals surface area contributed by atoms with Gasteiger partial charge in [-0.15, -0.1) is 11.3 Å². The first-order valence-electron chi connectivity index (χ1n) is 7.61. The van der Waals surface area contributed by atoms with Crippen molar-refractivity contribution in [3.05, 3.63) is 22.4 Å². The lowest BCUT2D eigenvalue weighted by Crippen LogP contribution is -2.47. The Morgan fingerprint density at radius 2 is 2.29 bits per heavy atom. The lowest BCUT2D eigenvalue weighted by Gasteiger charge is -2.34. The van der Waals surface area contributed by atoms with Crippen LogP contribution in [0.15, 0.2) is 17.5 Å². The number of carbonyl (C=O) groups excluding carboxylic acids is 1. The van der Waals surface area contributed by atoms with Gasteiger partial charge in [-0.25, -0.2) is 0 Å². The third-order valence-electron chi connectivity index (χ3n) is 3.76. The third kappa shape index (κ3) is 4.78. The van der Waals surface area contributed by atoms with Gasteiger partial charge in [-0.2, -0.15) is 0 Å². The van der Waals surface area contributed by atoms with Crippen LogP contribution in [0, 0.1) is 0 Å². The number of morpholine rings is 1. The van der Waals surface area contributed by atoms with Gasteiger partial charge in [0, 0.05) is 24.5 Å². The zero-order valence-corrected chi connectivity index (χ0v) is 13.4. The molecule has 1 aromatic heterocycles. The van der Waals surface area contributed by atoms with Gasteiger partial charge < -0.3 is 15.8 Å². The lowest BCUT2D eigenvalue weighted by molar-refractivity contribution is -0.122. The maximum Gasteiger partial charge on any atom is 0.236 e. The molecule has 2 heterocycles. The van der Waals surface area contributed by atoms with Crippen molar-refractivity contribution in [1.82, 2.24) is 10.2 Å². The van der Waals surface area contributed by atoms with Crippen molar-refractivity contribution in [2.75, 3.05) is 32.8 Å². The molecule has 1 aromatic rings.